The fourth-order valence-electron chi connectivity index (χ4n) is 3.93. The van der Waals surface area contributed by atoms with Gasteiger partial charge in [0.05, 0.1) is 19.3 Å². The van der Waals surface area contributed by atoms with Gasteiger partial charge in [0.1, 0.15) is 12.2 Å². The second kappa shape index (κ2) is 9.11. The summed E-state index contributed by atoms with van der Waals surface area (Å²) in [6.45, 7) is -0.271. The van der Waals surface area contributed by atoms with E-state index in [1.165, 1.54) is 0 Å². The molecular formula is C23H24F3N3O2. The van der Waals surface area contributed by atoms with Crippen molar-refractivity contribution < 1.29 is 22.7 Å². The van der Waals surface area contributed by atoms with E-state index in [0.29, 0.717) is 25.1 Å². The monoisotopic (exact) mass is 431 g/mol. The van der Waals surface area contributed by atoms with E-state index in [4.69, 9.17) is 4.74 Å². The summed E-state index contributed by atoms with van der Waals surface area (Å²) in [7, 11) is 0. The van der Waals surface area contributed by atoms with Crippen molar-refractivity contribution in [3.05, 3.63) is 71.9 Å². The van der Waals surface area contributed by atoms with Gasteiger partial charge in [0.2, 0.25) is 0 Å². The van der Waals surface area contributed by atoms with Crippen molar-refractivity contribution in [2.24, 2.45) is 0 Å². The Morgan fingerprint density at radius 1 is 1.10 bits per heavy atom. The molecule has 4 rings (SSSR count). The molecule has 1 aliphatic rings. The lowest BCUT2D eigenvalue weighted by atomic mass is 10.0. The van der Waals surface area contributed by atoms with Crippen LogP contribution in [0, 0.1) is 0 Å². The number of carbonyl (C=O) groups excluding carboxylic acids is 1. The molecule has 0 radical (unpaired) electrons. The lowest BCUT2D eigenvalue weighted by molar-refractivity contribution is -0.149. The summed E-state index contributed by atoms with van der Waals surface area (Å²) in [5.41, 5.74) is 1.93. The number of halogens is 3. The smallest absolute Gasteiger partial charge is 0.378 e. The highest BCUT2D eigenvalue weighted by Crippen LogP contribution is 2.25. The highest BCUT2D eigenvalue weighted by atomic mass is 19.4. The molecule has 0 aliphatic carbocycles. The number of hydrogen-bond acceptors (Lipinski definition) is 3. The van der Waals surface area contributed by atoms with Crippen LogP contribution in [0.15, 0.2) is 60.7 Å². The predicted molar refractivity (Wildman–Crippen MR) is 112 cm³/mol. The van der Waals surface area contributed by atoms with Crippen LogP contribution in [0.5, 0.6) is 0 Å². The maximum Gasteiger partial charge on any atom is 0.406 e. The van der Waals surface area contributed by atoms with E-state index in [1.807, 2.05) is 42.5 Å². The Bertz CT molecular complexity index is 987. The number of nitrogens with zero attached hydrogens (tertiary/aromatic N) is 1. The average molecular weight is 431 g/mol. The molecule has 31 heavy (non-hydrogen) atoms. The molecule has 0 unspecified atom stereocenters. The minimum atomic E-state index is -4.51. The Labute approximate surface area is 178 Å². The lowest BCUT2D eigenvalue weighted by Gasteiger charge is -2.38. The van der Waals surface area contributed by atoms with Crippen LogP contribution in [0.3, 0.4) is 0 Å². The minimum absolute atomic E-state index is 0.0750. The van der Waals surface area contributed by atoms with Gasteiger partial charge in [0, 0.05) is 23.5 Å². The number of nitrogens with one attached hydrogen (secondary N) is 2. The molecule has 0 spiro atoms. The molecule has 2 heterocycles. The third kappa shape index (κ3) is 5.45. The summed E-state index contributed by atoms with van der Waals surface area (Å²) >= 11 is 0. The zero-order chi connectivity index (χ0) is 21.8. The van der Waals surface area contributed by atoms with Crippen molar-refractivity contribution in [1.29, 1.82) is 0 Å². The lowest BCUT2D eigenvalue weighted by Crippen LogP contribution is -2.53. The van der Waals surface area contributed by atoms with Crippen molar-refractivity contribution in [2.45, 2.75) is 31.2 Å². The molecule has 1 aliphatic heterocycles. The summed E-state index contributed by atoms with van der Waals surface area (Å²) in [6.07, 6.45) is -4.12. The molecule has 0 saturated carbocycles. The molecule has 8 heteroatoms. The van der Waals surface area contributed by atoms with Gasteiger partial charge in [-0.3, -0.25) is 4.79 Å². The van der Waals surface area contributed by atoms with Gasteiger partial charge in [-0.15, -0.1) is 0 Å². The van der Waals surface area contributed by atoms with Gasteiger partial charge < -0.3 is 19.9 Å². The second-order valence-corrected chi connectivity index (χ2v) is 7.81. The number of hydrogen-bond donors (Lipinski definition) is 2. The van der Waals surface area contributed by atoms with Crippen LogP contribution < -0.4 is 5.32 Å². The molecule has 2 atom stereocenters. The third-order valence-electron chi connectivity index (χ3n) is 5.44. The molecule has 1 fully saturated rings. The fourth-order valence-corrected chi connectivity index (χ4v) is 3.93. The Kier molecular flexibility index (Phi) is 6.29. The highest BCUT2D eigenvalue weighted by molar-refractivity contribution is 5.98. The first kappa shape index (κ1) is 21.4. The Morgan fingerprint density at radius 3 is 2.58 bits per heavy atom. The number of carbonyl (C=O) groups is 1. The number of amides is 1. The molecule has 1 saturated heterocycles. The fraction of sp³-hybridized carbons (Fsp3) is 0.348. The largest absolute Gasteiger partial charge is 0.406 e. The topological polar surface area (TPSA) is 57.4 Å². The minimum Gasteiger partial charge on any atom is -0.378 e. The van der Waals surface area contributed by atoms with E-state index in [2.05, 4.69) is 10.3 Å². The first-order valence-corrected chi connectivity index (χ1v) is 10.2. The van der Waals surface area contributed by atoms with Crippen LogP contribution in [0.25, 0.3) is 10.9 Å². The molecule has 1 amide bonds. The number of aromatic amines is 1. The summed E-state index contributed by atoms with van der Waals surface area (Å²) in [4.78, 5) is 16.9. The average Bonchev–Trinajstić information content (AvgIpc) is 3.20. The van der Waals surface area contributed by atoms with E-state index in [9.17, 15) is 18.0 Å². The van der Waals surface area contributed by atoms with Crippen molar-refractivity contribution in [1.82, 2.24) is 15.2 Å². The second-order valence-electron chi connectivity index (χ2n) is 7.81. The number of ether oxygens (including phenoxy) is 1. The van der Waals surface area contributed by atoms with Crippen molar-refractivity contribution in [2.75, 3.05) is 19.8 Å². The predicted octanol–water partition coefficient (Wildman–Crippen LogP) is 4.12. The first-order chi connectivity index (χ1) is 14.9. The molecule has 3 aromatic rings. The number of rotatable bonds is 6. The Balaban J connectivity index is 1.50. The molecule has 164 valence electrons. The summed E-state index contributed by atoms with van der Waals surface area (Å²) < 4.78 is 45.6. The van der Waals surface area contributed by atoms with Gasteiger partial charge in [0.25, 0.3) is 5.91 Å². The Morgan fingerprint density at radius 2 is 1.84 bits per heavy atom. The SMILES string of the molecule is O=C(c1cc2ccccc2[nH]1)N(CC(F)(F)F)[C@H]1COC[C@@H](NCc2ccccc2)C1. The van der Waals surface area contributed by atoms with Crippen molar-refractivity contribution in [3.63, 3.8) is 0 Å². The maximum absolute atomic E-state index is 13.3. The quantitative estimate of drug-likeness (QED) is 0.617. The van der Waals surface area contributed by atoms with Crippen LogP contribution in [0.1, 0.15) is 22.5 Å². The van der Waals surface area contributed by atoms with Crippen LogP contribution >= 0.6 is 0 Å². The molecule has 2 N–H and O–H groups in total. The number of benzene rings is 2. The third-order valence-corrected chi connectivity index (χ3v) is 5.44. The van der Waals surface area contributed by atoms with Crippen LogP contribution in [0.2, 0.25) is 0 Å². The molecule has 0 bridgehead atoms. The Hall–Kier alpha value is -2.84. The van der Waals surface area contributed by atoms with E-state index in [1.54, 1.807) is 18.2 Å². The number of alkyl halides is 3. The zero-order valence-corrected chi connectivity index (χ0v) is 16.9. The van der Waals surface area contributed by atoms with Gasteiger partial charge in [-0.2, -0.15) is 13.2 Å². The number of aromatic nitrogens is 1. The van der Waals surface area contributed by atoms with Gasteiger partial charge >= 0.3 is 6.18 Å². The van der Waals surface area contributed by atoms with Gasteiger partial charge in [-0.05, 0) is 24.1 Å². The van der Waals surface area contributed by atoms with Gasteiger partial charge in [-0.25, -0.2) is 0 Å². The van der Waals surface area contributed by atoms with Crippen LogP contribution in [-0.4, -0.2) is 53.8 Å². The standard InChI is InChI=1S/C23H24F3N3O2/c24-23(25,26)15-29(22(30)21-10-17-8-4-5-9-20(17)28-21)19-11-18(13-31-14-19)27-12-16-6-2-1-3-7-16/h1-10,18-19,27-28H,11-15H2/t18-,19+/m0/s1. The van der Waals surface area contributed by atoms with E-state index >= 15 is 0 Å². The summed E-state index contributed by atoms with van der Waals surface area (Å²) in [5.74, 6) is -0.675. The van der Waals surface area contributed by atoms with E-state index in [-0.39, 0.29) is 18.3 Å². The van der Waals surface area contributed by atoms with Gasteiger partial charge in [0.15, 0.2) is 0 Å². The highest BCUT2D eigenvalue weighted by Gasteiger charge is 2.39. The van der Waals surface area contributed by atoms with E-state index < -0.39 is 24.7 Å². The van der Waals surface area contributed by atoms with Crippen molar-refractivity contribution >= 4 is 16.8 Å². The first-order valence-electron chi connectivity index (χ1n) is 10.2. The van der Waals surface area contributed by atoms with Crippen LogP contribution in [0.4, 0.5) is 13.2 Å². The maximum atomic E-state index is 13.3. The molecule has 5 nitrogen and oxygen atoms in total. The summed E-state index contributed by atoms with van der Waals surface area (Å²) in [6, 6.07) is 17.7. The normalized spacial score (nSPS) is 19.5. The molecular weight excluding hydrogens is 407 g/mol. The number of para-hydroxylation sites is 1. The number of H-pyrrole nitrogens is 1. The number of fused-ring (bicyclic) bond motifs is 1. The van der Waals surface area contributed by atoms with Crippen LogP contribution in [-0.2, 0) is 11.3 Å². The zero-order valence-electron chi connectivity index (χ0n) is 16.9. The van der Waals surface area contributed by atoms with Crippen molar-refractivity contribution in [3.8, 4) is 0 Å². The molecule has 1 aromatic heterocycles. The van der Waals surface area contributed by atoms with Gasteiger partial charge in [-0.1, -0.05) is 48.5 Å². The molecule has 2 aromatic carbocycles. The summed E-state index contributed by atoms with van der Waals surface area (Å²) in [5, 5.41) is 4.11. The van der Waals surface area contributed by atoms with E-state index in [0.717, 1.165) is 15.8 Å².